The molecule has 0 saturated carbocycles. The lowest BCUT2D eigenvalue weighted by atomic mass is 9.96. The second-order valence-corrected chi connectivity index (χ2v) is 5.77. The summed E-state index contributed by atoms with van der Waals surface area (Å²) >= 11 is 0. The van der Waals surface area contributed by atoms with E-state index in [2.05, 4.69) is 31.4 Å². The summed E-state index contributed by atoms with van der Waals surface area (Å²) in [5, 5.41) is 6.23. The molecule has 0 heterocycles. The summed E-state index contributed by atoms with van der Waals surface area (Å²) in [4.78, 5) is 12.1. The van der Waals surface area contributed by atoms with Gasteiger partial charge < -0.3 is 10.6 Å². The van der Waals surface area contributed by atoms with Gasteiger partial charge in [0.1, 0.15) is 0 Å². The zero-order valence-electron chi connectivity index (χ0n) is 12.1. The molecule has 0 aromatic heterocycles. The largest absolute Gasteiger partial charge is 0.384 e. The van der Waals surface area contributed by atoms with Crippen molar-refractivity contribution in [1.29, 1.82) is 0 Å². The zero-order valence-corrected chi connectivity index (χ0v) is 12.1. The molecule has 0 radical (unpaired) electrons. The number of amides is 1. The van der Waals surface area contributed by atoms with Crippen LogP contribution in [0.2, 0.25) is 0 Å². The molecule has 1 amide bonds. The molecular weight excluding hydrogens is 224 g/mol. The van der Waals surface area contributed by atoms with Crippen LogP contribution < -0.4 is 10.6 Å². The predicted octanol–water partition coefficient (Wildman–Crippen LogP) is 3.20. The SMILES string of the molecule is CCNC(=O)c1c(C)cccc1NCC(C)(C)C. The first-order chi connectivity index (χ1) is 8.35. The number of aryl methyl sites for hydroxylation is 1. The molecule has 1 rings (SSSR count). The van der Waals surface area contributed by atoms with Crippen molar-refractivity contribution in [2.24, 2.45) is 5.41 Å². The van der Waals surface area contributed by atoms with Crippen LogP contribution >= 0.6 is 0 Å². The quantitative estimate of drug-likeness (QED) is 0.859. The first-order valence-electron chi connectivity index (χ1n) is 6.47. The number of anilines is 1. The molecule has 1 aromatic carbocycles. The number of hydrogen-bond donors (Lipinski definition) is 2. The highest BCUT2D eigenvalue weighted by Crippen LogP contribution is 2.22. The Balaban J connectivity index is 2.97. The monoisotopic (exact) mass is 248 g/mol. The molecule has 100 valence electrons. The van der Waals surface area contributed by atoms with Crippen LogP contribution in [-0.4, -0.2) is 19.0 Å². The molecule has 0 bridgehead atoms. The van der Waals surface area contributed by atoms with Crippen LogP contribution in [0.1, 0.15) is 43.6 Å². The van der Waals surface area contributed by atoms with Crippen molar-refractivity contribution in [3.8, 4) is 0 Å². The molecule has 1 aromatic rings. The number of rotatable bonds is 4. The van der Waals surface area contributed by atoms with Crippen LogP contribution in [0.5, 0.6) is 0 Å². The number of carbonyl (C=O) groups excluding carboxylic acids is 1. The minimum atomic E-state index is -0.00740. The van der Waals surface area contributed by atoms with Crippen molar-refractivity contribution < 1.29 is 4.79 Å². The lowest BCUT2D eigenvalue weighted by Gasteiger charge is -2.21. The minimum Gasteiger partial charge on any atom is -0.384 e. The summed E-state index contributed by atoms with van der Waals surface area (Å²) in [6.07, 6.45) is 0. The van der Waals surface area contributed by atoms with Crippen molar-refractivity contribution in [1.82, 2.24) is 5.32 Å². The number of nitrogens with one attached hydrogen (secondary N) is 2. The summed E-state index contributed by atoms with van der Waals surface area (Å²) in [6.45, 7) is 11.9. The predicted molar refractivity (Wildman–Crippen MR) is 77.1 cm³/mol. The Morgan fingerprint density at radius 1 is 1.28 bits per heavy atom. The van der Waals surface area contributed by atoms with Crippen LogP contribution in [-0.2, 0) is 0 Å². The fraction of sp³-hybridized carbons (Fsp3) is 0.533. The number of hydrogen-bond acceptors (Lipinski definition) is 2. The van der Waals surface area contributed by atoms with Gasteiger partial charge in [0.2, 0.25) is 0 Å². The summed E-state index contributed by atoms with van der Waals surface area (Å²) in [6, 6.07) is 5.90. The molecule has 0 aliphatic carbocycles. The maximum atomic E-state index is 12.1. The Bertz CT molecular complexity index is 419. The van der Waals surface area contributed by atoms with E-state index < -0.39 is 0 Å². The van der Waals surface area contributed by atoms with Gasteiger partial charge in [0, 0.05) is 18.8 Å². The molecule has 0 aliphatic heterocycles. The first kappa shape index (κ1) is 14.6. The van der Waals surface area contributed by atoms with Crippen molar-refractivity contribution >= 4 is 11.6 Å². The molecule has 0 atom stereocenters. The van der Waals surface area contributed by atoms with E-state index in [-0.39, 0.29) is 11.3 Å². The summed E-state index contributed by atoms with van der Waals surface area (Å²) in [7, 11) is 0. The third kappa shape index (κ3) is 4.06. The number of carbonyl (C=O) groups is 1. The van der Waals surface area contributed by atoms with Gasteiger partial charge >= 0.3 is 0 Å². The Labute approximate surface area is 110 Å². The van der Waals surface area contributed by atoms with Crippen molar-refractivity contribution in [3.05, 3.63) is 29.3 Å². The van der Waals surface area contributed by atoms with Gasteiger partial charge in [0.25, 0.3) is 5.91 Å². The lowest BCUT2D eigenvalue weighted by Crippen LogP contribution is -2.26. The molecule has 0 spiro atoms. The van der Waals surface area contributed by atoms with E-state index in [1.807, 2.05) is 32.0 Å². The van der Waals surface area contributed by atoms with Gasteiger partial charge in [0.15, 0.2) is 0 Å². The fourth-order valence-electron chi connectivity index (χ4n) is 1.73. The Hall–Kier alpha value is -1.51. The molecule has 0 aliphatic rings. The topological polar surface area (TPSA) is 41.1 Å². The van der Waals surface area contributed by atoms with E-state index >= 15 is 0 Å². The van der Waals surface area contributed by atoms with E-state index in [9.17, 15) is 4.79 Å². The van der Waals surface area contributed by atoms with Crippen LogP contribution in [0.4, 0.5) is 5.69 Å². The van der Waals surface area contributed by atoms with Crippen LogP contribution in [0.25, 0.3) is 0 Å². The first-order valence-corrected chi connectivity index (χ1v) is 6.47. The maximum absolute atomic E-state index is 12.1. The molecule has 0 saturated heterocycles. The third-order valence-electron chi connectivity index (χ3n) is 2.65. The third-order valence-corrected chi connectivity index (χ3v) is 2.65. The van der Waals surface area contributed by atoms with Crippen LogP contribution in [0, 0.1) is 12.3 Å². The smallest absolute Gasteiger partial charge is 0.253 e. The van der Waals surface area contributed by atoms with Crippen molar-refractivity contribution in [2.75, 3.05) is 18.4 Å². The molecular formula is C15H24N2O. The Kier molecular flexibility index (Phi) is 4.76. The van der Waals surface area contributed by atoms with Gasteiger partial charge in [-0.1, -0.05) is 32.9 Å². The van der Waals surface area contributed by atoms with E-state index in [4.69, 9.17) is 0 Å². The zero-order chi connectivity index (χ0) is 13.8. The van der Waals surface area contributed by atoms with Crippen molar-refractivity contribution in [2.45, 2.75) is 34.6 Å². The second kappa shape index (κ2) is 5.89. The van der Waals surface area contributed by atoms with E-state index in [0.717, 1.165) is 23.4 Å². The van der Waals surface area contributed by atoms with Crippen LogP contribution in [0.15, 0.2) is 18.2 Å². The van der Waals surface area contributed by atoms with E-state index in [1.165, 1.54) is 0 Å². The molecule has 3 heteroatoms. The maximum Gasteiger partial charge on any atom is 0.253 e. The highest BCUT2D eigenvalue weighted by atomic mass is 16.1. The average Bonchev–Trinajstić information content (AvgIpc) is 2.25. The summed E-state index contributed by atoms with van der Waals surface area (Å²) in [5.74, 6) is -0.00740. The molecule has 0 fully saturated rings. The van der Waals surface area contributed by atoms with Gasteiger partial charge in [-0.15, -0.1) is 0 Å². The second-order valence-electron chi connectivity index (χ2n) is 5.77. The van der Waals surface area contributed by atoms with Gasteiger partial charge in [0.05, 0.1) is 5.56 Å². The normalized spacial score (nSPS) is 11.2. The lowest BCUT2D eigenvalue weighted by molar-refractivity contribution is 0.0956. The van der Waals surface area contributed by atoms with Gasteiger partial charge in [-0.25, -0.2) is 0 Å². The highest BCUT2D eigenvalue weighted by Gasteiger charge is 2.15. The highest BCUT2D eigenvalue weighted by molar-refractivity contribution is 6.01. The molecule has 0 unspecified atom stereocenters. The number of benzene rings is 1. The van der Waals surface area contributed by atoms with E-state index in [0.29, 0.717) is 6.54 Å². The summed E-state index contributed by atoms with van der Waals surface area (Å²) in [5.41, 5.74) is 2.85. The molecule has 2 N–H and O–H groups in total. The van der Waals surface area contributed by atoms with Crippen LogP contribution in [0.3, 0.4) is 0 Å². The van der Waals surface area contributed by atoms with Gasteiger partial charge in [-0.05, 0) is 30.9 Å². The molecule has 18 heavy (non-hydrogen) atoms. The summed E-state index contributed by atoms with van der Waals surface area (Å²) < 4.78 is 0. The Morgan fingerprint density at radius 3 is 2.50 bits per heavy atom. The van der Waals surface area contributed by atoms with Gasteiger partial charge in [-0.2, -0.15) is 0 Å². The Morgan fingerprint density at radius 2 is 1.94 bits per heavy atom. The standard InChI is InChI=1S/C15H24N2O/c1-6-16-14(18)13-11(2)8-7-9-12(13)17-10-15(3,4)5/h7-9,17H,6,10H2,1-5H3,(H,16,18). The van der Waals surface area contributed by atoms with E-state index in [1.54, 1.807) is 0 Å². The van der Waals surface area contributed by atoms with Crippen molar-refractivity contribution in [3.63, 3.8) is 0 Å². The molecule has 3 nitrogen and oxygen atoms in total. The minimum absolute atomic E-state index is 0.00740. The average molecular weight is 248 g/mol. The fourth-order valence-corrected chi connectivity index (χ4v) is 1.73. The van der Waals surface area contributed by atoms with Gasteiger partial charge in [-0.3, -0.25) is 4.79 Å².